The molecule has 0 spiro atoms. The van der Waals surface area contributed by atoms with Gasteiger partial charge in [0.1, 0.15) is 5.60 Å². The first-order chi connectivity index (χ1) is 14.7. The van der Waals surface area contributed by atoms with Crippen molar-refractivity contribution in [1.82, 2.24) is 9.97 Å². The highest BCUT2D eigenvalue weighted by Gasteiger charge is 2.39. The predicted octanol–water partition coefficient (Wildman–Crippen LogP) is 5.09. The average molecular weight is 405 g/mol. The van der Waals surface area contributed by atoms with E-state index in [1.165, 1.54) is 0 Å². The van der Waals surface area contributed by atoms with Crippen molar-refractivity contribution < 1.29 is 14.2 Å². The molecule has 0 amide bonds. The third kappa shape index (κ3) is 4.36. The van der Waals surface area contributed by atoms with Crippen LogP contribution in [0.1, 0.15) is 35.7 Å². The highest BCUT2D eigenvalue weighted by atomic mass is 16.5. The molecule has 5 heteroatoms. The number of hydrogen-bond donors (Lipinski definition) is 0. The third-order valence-electron chi connectivity index (χ3n) is 5.06. The van der Waals surface area contributed by atoms with Crippen LogP contribution in [0.2, 0.25) is 0 Å². The van der Waals surface area contributed by atoms with Gasteiger partial charge in [0.2, 0.25) is 5.88 Å². The lowest BCUT2D eigenvalue weighted by atomic mass is 9.83. The van der Waals surface area contributed by atoms with E-state index in [0.29, 0.717) is 25.3 Å². The van der Waals surface area contributed by atoms with Crippen LogP contribution in [0.4, 0.5) is 0 Å². The van der Waals surface area contributed by atoms with E-state index in [2.05, 4.69) is 30.6 Å². The molecule has 0 saturated carbocycles. The Balaban J connectivity index is 2.24. The van der Waals surface area contributed by atoms with Gasteiger partial charge in [-0.3, -0.25) is 0 Å². The fraction of sp³-hybridized carbons (Fsp3) is 0.280. The standard InChI is InChI=1S/C25H28N2O3/c1-5-17-25(20-15-11-8-12-16-20,30-18-19-13-9-7-10-14-19)22-21(6-2)23(28-3)27-24(26-22)29-4/h5,7-16H,1,6,17-18H2,2-4H3. The van der Waals surface area contributed by atoms with E-state index in [9.17, 15) is 0 Å². The zero-order valence-electron chi connectivity index (χ0n) is 17.8. The number of nitrogens with zero attached hydrogens (tertiary/aromatic N) is 2. The van der Waals surface area contributed by atoms with Gasteiger partial charge in [0.25, 0.3) is 0 Å². The Kier molecular flexibility index (Phi) is 7.20. The minimum atomic E-state index is -0.867. The zero-order valence-corrected chi connectivity index (χ0v) is 17.8. The predicted molar refractivity (Wildman–Crippen MR) is 118 cm³/mol. The molecule has 0 fully saturated rings. The Hall–Kier alpha value is -3.18. The van der Waals surface area contributed by atoms with Crippen molar-refractivity contribution in [2.24, 2.45) is 0 Å². The maximum absolute atomic E-state index is 6.70. The van der Waals surface area contributed by atoms with Crippen molar-refractivity contribution in [2.75, 3.05) is 14.2 Å². The fourth-order valence-corrected chi connectivity index (χ4v) is 3.61. The summed E-state index contributed by atoms with van der Waals surface area (Å²) in [6.45, 7) is 6.48. The topological polar surface area (TPSA) is 53.5 Å². The molecule has 0 bridgehead atoms. The lowest BCUT2D eigenvalue weighted by Crippen LogP contribution is -2.34. The van der Waals surface area contributed by atoms with Gasteiger partial charge in [0.15, 0.2) is 0 Å². The molecular weight excluding hydrogens is 376 g/mol. The molecule has 30 heavy (non-hydrogen) atoms. The number of hydrogen-bond acceptors (Lipinski definition) is 5. The van der Waals surface area contributed by atoms with Crippen LogP contribution in [-0.2, 0) is 23.4 Å². The summed E-state index contributed by atoms with van der Waals surface area (Å²) in [4.78, 5) is 9.15. The summed E-state index contributed by atoms with van der Waals surface area (Å²) in [5.41, 5.74) is 2.81. The number of methoxy groups -OCH3 is 2. The van der Waals surface area contributed by atoms with Gasteiger partial charge in [-0.2, -0.15) is 9.97 Å². The smallest absolute Gasteiger partial charge is 0.319 e. The molecule has 5 nitrogen and oxygen atoms in total. The van der Waals surface area contributed by atoms with Crippen LogP contribution >= 0.6 is 0 Å². The van der Waals surface area contributed by atoms with Gasteiger partial charge in [-0.25, -0.2) is 0 Å². The van der Waals surface area contributed by atoms with E-state index < -0.39 is 5.60 Å². The highest BCUT2D eigenvalue weighted by molar-refractivity contribution is 5.43. The van der Waals surface area contributed by atoms with Crippen molar-refractivity contribution >= 4 is 0 Å². The molecular formula is C25H28N2O3. The first kappa shape index (κ1) is 21.5. The van der Waals surface area contributed by atoms with Gasteiger partial charge in [0.05, 0.1) is 26.5 Å². The largest absolute Gasteiger partial charge is 0.481 e. The number of aromatic nitrogens is 2. The summed E-state index contributed by atoms with van der Waals surface area (Å²) in [5.74, 6) is 0.493. The molecule has 0 radical (unpaired) electrons. The van der Waals surface area contributed by atoms with E-state index in [1.54, 1.807) is 14.2 Å². The Bertz CT molecular complexity index is 961. The molecule has 1 atom stereocenters. The third-order valence-corrected chi connectivity index (χ3v) is 5.06. The van der Waals surface area contributed by atoms with Crippen LogP contribution in [0.15, 0.2) is 73.3 Å². The normalized spacial score (nSPS) is 12.8. The van der Waals surface area contributed by atoms with Crippen molar-refractivity contribution in [1.29, 1.82) is 0 Å². The lowest BCUT2D eigenvalue weighted by molar-refractivity contribution is -0.0327. The Morgan fingerprint density at radius 3 is 2.17 bits per heavy atom. The molecule has 0 aliphatic carbocycles. The van der Waals surface area contributed by atoms with Gasteiger partial charge in [-0.05, 0) is 17.5 Å². The summed E-state index contributed by atoms with van der Waals surface area (Å²) in [6, 6.07) is 20.4. The van der Waals surface area contributed by atoms with Crippen molar-refractivity contribution in [2.45, 2.75) is 32.0 Å². The van der Waals surface area contributed by atoms with E-state index in [4.69, 9.17) is 19.2 Å². The summed E-state index contributed by atoms with van der Waals surface area (Å²) >= 11 is 0. The Morgan fingerprint density at radius 2 is 1.60 bits per heavy atom. The van der Waals surface area contributed by atoms with Crippen molar-refractivity contribution in [3.05, 3.63) is 95.7 Å². The van der Waals surface area contributed by atoms with Crippen LogP contribution in [0.25, 0.3) is 0 Å². The highest BCUT2D eigenvalue weighted by Crippen LogP contribution is 2.41. The second-order valence-corrected chi connectivity index (χ2v) is 6.86. The van der Waals surface area contributed by atoms with E-state index >= 15 is 0 Å². The van der Waals surface area contributed by atoms with Gasteiger partial charge >= 0.3 is 6.01 Å². The molecule has 1 unspecified atom stereocenters. The van der Waals surface area contributed by atoms with Gasteiger partial charge in [0, 0.05) is 12.0 Å². The van der Waals surface area contributed by atoms with Crippen LogP contribution in [0.5, 0.6) is 11.9 Å². The maximum Gasteiger partial charge on any atom is 0.319 e. The van der Waals surface area contributed by atoms with Crippen molar-refractivity contribution in [3.8, 4) is 11.9 Å². The molecule has 0 aliphatic rings. The molecule has 156 valence electrons. The maximum atomic E-state index is 6.70. The van der Waals surface area contributed by atoms with Crippen LogP contribution in [-0.4, -0.2) is 24.2 Å². The van der Waals surface area contributed by atoms with Crippen LogP contribution < -0.4 is 9.47 Å². The monoisotopic (exact) mass is 404 g/mol. The Labute approximate surface area is 178 Å². The minimum absolute atomic E-state index is 0.242. The molecule has 3 aromatic rings. The second kappa shape index (κ2) is 10.0. The summed E-state index contributed by atoms with van der Waals surface area (Å²) in [7, 11) is 3.15. The van der Waals surface area contributed by atoms with E-state index in [-0.39, 0.29) is 6.01 Å². The number of ether oxygens (including phenoxy) is 3. The summed E-state index contributed by atoms with van der Waals surface area (Å²) in [6.07, 6.45) is 3.07. The number of rotatable bonds is 10. The fourth-order valence-electron chi connectivity index (χ4n) is 3.61. The zero-order chi connectivity index (χ0) is 21.4. The Morgan fingerprint density at radius 1 is 0.933 bits per heavy atom. The van der Waals surface area contributed by atoms with Gasteiger partial charge in [-0.15, -0.1) is 6.58 Å². The lowest BCUT2D eigenvalue weighted by Gasteiger charge is -2.35. The first-order valence-corrected chi connectivity index (χ1v) is 10.0. The molecule has 0 saturated heterocycles. The minimum Gasteiger partial charge on any atom is -0.481 e. The van der Waals surface area contributed by atoms with Crippen molar-refractivity contribution in [3.63, 3.8) is 0 Å². The van der Waals surface area contributed by atoms with E-state index in [1.807, 2.05) is 54.6 Å². The molecule has 1 heterocycles. The molecule has 2 aromatic carbocycles. The van der Waals surface area contributed by atoms with Crippen LogP contribution in [0.3, 0.4) is 0 Å². The van der Waals surface area contributed by atoms with Gasteiger partial charge < -0.3 is 14.2 Å². The van der Waals surface area contributed by atoms with E-state index in [0.717, 1.165) is 22.4 Å². The summed E-state index contributed by atoms with van der Waals surface area (Å²) in [5, 5.41) is 0. The van der Waals surface area contributed by atoms with Crippen LogP contribution in [0, 0.1) is 0 Å². The molecule has 0 aliphatic heterocycles. The molecule has 0 N–H and O–H groups in total. The SMILES string of the molecule is C=CCC(OCc1ccccc1)(c1ccccc1)c1nc(OC)nc(OC)c1CC. The first-order valence-electron chi connectivity index (χ1n) is 10.0. The molecule has 1 aromatic heterocycles. The number of benzene rings is 2. The second-order valence-electron chi connectivity index (χ2n) is 6.86. The average Bonchev–Trinajstić information content (AvgIpc) is 2.82. The molecule has 3 rings (SSSR count). The van der Waals surface area contributed by atoms with Gasteiger partial charge in [-0.1, -0.05) is 73.7 Å². The quantitative estimate of drug-likeness (QED) is 0.441. The summed E-state index contributed by atoms with van der Waals surface area (Å²) < 4.78 is 17.7.